The molecule has 0 unspecified atom stereocenters. The van der Waals surface area contributed by atoms with E-state index in [2.05, 4.69) is 18.6 Å². The Labute approximate surface area is 179 Å². The maximum absolute atomic E-state index is 13.1. The molecule has 0 amide bonds. The number of ketones is 1. The summed E-state index contributed by atoms with van der Waals surface area (Å²) in [5, 5.41) is 0. The third-order valence-electron chi connectivity index (χ3n) is 5.34. The fourth-order valence-corrected chi connectivity index (χ4v) is 4.20. The van der Waals surface area contributed by atoms with Crippen molar-refractivity contribution in [3.05, 3.63) is 60.2 Å². The lowest BCUT2D eigenvalue weighted by Crippen LogP contribution is -2.37. The smallest absolute Gasteiger partial charge is 0.254 e. The number of piperidine rings is 1. The normalized spacial score (nSPS) is 15.2. The number of benzene rings is 1. The molecule has 4 rings (SSSR count). The van der Waals surface area contributed by atoms with Gasteiger partial charge in [-0.25, -0.2) is 4.39 Å². The van der Waals surface area contributed by atoms with Crippen LogP contribution in [0.2, 0.25) is 0 Å². The Bertz CT molecular complexity index is 957. The zero-order valence-corrected chi connectivity index (χ0v) is 17.4. The Morgan fingerprint density at radius 2 is 1.97 bits per heavy atom. The molecule has 1 fully saturated rings. The second-order valence-electron chi connectivity index (χ2n) is 7.35. The molecule has 1 aliphatic heterocycles. The first-order valence-electron chi connectivity index (χ1n) is 10.1. The molecule has 2 aromatic heterocycles. The maximum Gasteiger partial charge on any atom is 0.254 e. The molecular weight excluding hydrogens is 403 g/mol. The molecule has 0 radical (unpaired) electrons. The van der Waals surface area contributed by atoms with Crippen molar-refractivity contribution in [3.63, 3.8) is 0 Å². The molecule has 0 spiro atoms. The van der Waals surface area contributed by atoms with Crippen LogP contribution in [0.25, 0.3) is 11.3 Å². The minimum atomic E-state index is -0.315. The quantitative estimate of drug-likeness (QED) is 0.399. The van der Waals surface area contributed by atoms with Crippen molar-refractivity contribution in [2.75, 3.05) is 26.2 Å². The van der Waals surface area contributed by atoms with Crippen LogP contribution in [0.1, 0.15) is 29.6 Å². The molecule has 8 heteroatoms. The molecule has 0 N–H and O–H groups in total. The molecule has 1 saturated heterocycles. The molecule has 1 aromatic carbocycles. The van der Waals surface area contributed by atoms with Crippen LogP contribution in [0.4, 0.5) is 4.39 Å². The third-order valence-corrected chi connectivity index (χ3v) is 5.85. The van der Waals surface area contributed by atoms with Crippen LogP contribution in [-0.2, 0) is 0 Å². The predicted octanol–water partition coefficient (Wildman–Crippen LogP) is 4.10. The van der Waals surface area contributed by atoms with Crippen LogP contribution in [0.5, 0.6) is 5.88 Å². The fourth-order valence-electron chi connectivity index (χ4n) is 3.68. The monoisotopic (exact) mass is 426 g/mol. The first kappa shape index (κ1) is 20.6. The number of aromatic nitrogens is 3. The van der Waals surface area contributed by atoms with E-state index in [4.69, 9.17) is 4.74 Å². The van der Waals surface area contributed by atoms with Crippen molar-refractivity contribution in [3.8, 4) is 17.1 Å². The third kappa shape index (κ3) is 5.06. The lowest BCUT2D eigenvalue weighted by Gasteiger charge is -2.31. The van der Waals surface area contributed by atoms with Crippen LogP contribution in [0, 0.1) is 11.7 Å². The van der Waals surface area contributed by atoms with Gasteiger partial charge in [0.1, 0.15) is 11.5 Å². The van der Waals surface area contributed by atoms with E-state index in [-0.39, 0.29) is 17.5 Å². The van der Waals surface area contributed by atoms with Crippen LogP contribution < -0.4 is 4.74 Å². The van der Waals surface area contributed by atoms with Crippen molar-refractivity contribution >= 4 is 17.5 Å². The van der Waals surface area contributed by atoms with Gasteiger partial charge in [0, 0.05) is 36.0 Å². The van der Waals surface area contributed by atoms with Gasteiger partial charge in [-0.3, -0.25) is 9.78 Å². The molecule has 0 atom stereocenters. The number of carbonyl (C=O) groups is 1. The SMILES string of the molecule is O=C(c1ccc(F)cc1)C1CCN(CCCOc2nsnc2-c2cccnc2)CC1. The highest BCUT2D eigenvalue weighted by atomic mass is 32.1. The van der Waals surface area contributed by atoms with Crippen LogP contribution in [0.15, 0.2) is 48.8 Å². The van der Waals surface area contributed by atoms with Gasteiger partial charge in [0.15, 0.2) is 5.78 Å². The zero-order chi connectivity index (χ0) is 20.8. The summed E-state index contributed by atoms with van der Waals surface area (Å²) in [5.41, 5.74) is 2.23. The molecule has 30 heavy (non-hydrogen) atoms. The second-order valence-corrected chi connectivity index (χ2v) is 7.88. The Morgan fingerprint density at radius 1 is 1.17 bits per heavy atom. The lowest BCUT2D eigenvalue weighted by atomic mass is 9.89. The van der Waals surface area contributed by atoms with Crippen LogP contribution >= 0.6 is 11.7 Å². The zero-order valence-electron chi connectivity index (χ0n) is 16.5. The van der Waals surface area contributed by atoms with Gasteiger partial charge >= 0.3 is 0 Å². The summed E-state index contributed by atoms with van der Waals surface area (Å²) >= 11 is 1.13. The molecule has 3 aromatic rings. The van der Waals surface area contributed by atoms with Gasteiger partial charge in [0.2, 0.25) is 0 Å². The minimum Gasteiger partial charge on any atom is -0.475 e. The molecule has 3 heterocycles. The molecule has 0 saturated carbocycles. The van der Waals surface area contributed by atoms with Gasteiger partial charge < -0.3 is 9.64 Å². The largest absolute Gasteiger partial charge is 0.475 e. The number of rotatable bonds is 8. The van der Waals surface area contributed by atoms with Crippen LogP contribution in [-0.4, -0.2) is 50.7 Å². The summed E-state index contributed by atoms with van der Waals surface area (Å²) in [6.07, 6.45) is 6.01. The van der Waals surface area contributed by atoms with Crippen molar-refractivity contribution in [2.45, 2.75) is 19.3 Å². The summed E-state index contributed by atoms with van der Waals surface area (Å²) in [5.74, 6) is 0.379. The van der Waals surface area contributed by atoms with Gasteiger partial charge in [-0.2, -0.15) is 4.37 Å². The van der Waals surface area contributed by atoms with Gasteiger partial charge in [-0.05, 0) is 68.8 Å². The molecule has 0 bridgehead atoms. The molecule has 0 aliphatic carbocycles. The number of nitrogens with zero attached hydrogens (tertiary/aromatic N) is 4. The summed E-state index contributed by atoms with van der Waals surface area (Å²) in [6.45, 7) is 3.25. The highest BCUT2D eigenvalue weighted by molar-refractivity contribution is 6.99. The first-order valence-corrected chi connectivity index (χ1v) is 10.8. The summed E-state index contributed by atoms with van der Waals surface area (Å²) in [7, 11) is 0. The molecule has 1 aliphatic rings. The van der Waals surface area contributed by atoms with E-state index in [1.165, 1.54) is 12.1 Å². The molecular formula is C22H23FN4O2S. The van der Waals surface area contributed by atoms with E-state index < -0.39 is 0 Å². The summed E-state index contributed by atoms with van der Waals surface area (Å²) in [4.78, 5) is 19.1. The number of ether oxygens (including phenoxy) is 1. The Balaban J connectivity index is 1.19. The maximum atomic E-state index is 13.1. The van der Waals surface area contributed by atoms with Gasteiger partial charge in [-0.15, -0.1) is 4.37 Å². The second kappa shape index (κ2) is 9.86. The number of likely N-dealkylation sites (tertiary alicyclic amines) is 1. The van der Waals surface area contributed by atoms with E-state index >= 15 is 0 Å². The van der Waals surface area contributed by atoms with Crippen molar-refractivity contribution < 1.29 is 13.9 Å². The Hall–Kier alpha value is -2.71. The fraction of sp³-hybridized carbons (Fsp3) is 0.364. The van der Waals surface area contributed by atoms with Crippen molar-refractivity contribution in [2.24, 2.45) is 5.92 Å². The number of hydrogen-bond acceptors (Lipinski definition) is 7. The number of carbonyl (C=O) groups excluding carboxylic acids is 1. The molecule has 156 valence electrons. The number of Topliss-reactive ketones (excluding diaryl/α,β-unsaturated/α-hetero) is 1. The van der Waals surface area contributed by atoms with Crippen molar-refractivity contribution in [1.82, 2.24) is 18.6 Å². The van der Waals surface area contributed by atoms with E-state index in [0.717, 1.165) is 61.9 Å². The summed E-state index contributed by atoms with van der Waals surface area (Å²) in [6, 6.07) is 9.65. The van der Waals surface area contributed by atoms with Gasteiger partial charge in [-0.1, -0.05) is 0 Å². The highest BCUT2D eigenvalue weighted by Crippen LogP contribution is 2.27. The van der Waals surface area contributed by atoms with E-state index in [1.54, 1.807) is 24.5 Å². The van der Waals surface area contributed by atoms with Gasteiger partial charge in [0.25, 0.3) is 5.88 Å². The van der Waals surface area contributed by atoms with E-state index in [9.17, 15) is 9.18 Å². The Kier molecular flexibility index (Phi) is 6.76. The van der Waals surface area contributed by atoms with Crippen molar-refractivity contribution in [1.29, 1.82) is 0 Å². The topological polar surface area (TPSA) is 68.2 Å². The van der Waals surface area contributed by atoms with E-state index in [0.29, 0.717) is 18.1 Å². The Morgan fingerprint density at radius 3 is 2.70 bits per heavy atom. The standard InChI is InChI=1S/C22H23FN4O2S/c23-19-6-4-16(5-7-19)21(28)17-8-12-27(13-9-17)11-2-14-29-22-20(25-30-26-22)18-3-1-10-24-15-18/h1,3-7,10,15,17H,2,8-9,11-14H2. The number of hydrogen-bond donors (Lipinski definition) is 0. The van der Waals surface area contributed by atoms with Crippen LogP contribution in [0.3, 0.4) is 0 Å². The summed E-state index contributed by atoms with van der Waals surface area (Å²) < 4.78 is 27.5. The lowest BCUT2D eigenvalue weighted by molar-refractivity contribution is 0.0835. The highest BCUT2D eigenvalue weighted by Gasteiger charge is 2.25. The predicted molar refractivity (Wildman–Crippen MR) is 113 cm³/mol. The number of halogens is 1. The first-order chi connectivity index (χ1) is 14.7. The minimum absolute atomic E-state index is 0.0195. The average Bonchev–Trinajstić information content (AvgIpc) is 3.26. The number of pyridine rings is 1. The van der Waals surface area contributed by atoms with Gasteiger partial charge in [0.05, 0.1) is 18.3 Å². The van der Waals surface area contributed by atoms with E-state index in [1.807, 2.05) is 12.1 Å². The average molecular weight is 427 g/mol. The molecule has 6 nitrogen and oxygen atoms in total.